The zero-order valence-electron chi connectivity index (χ0n) is 12.6. The third kappa shape index (κ3) is 2.68. The summed E-state index contributed by atoms with van der Waals surface area (Å²) in [6.45, 7) is 1.54. The number of nitrogens with zero attached hydrogens (tertiary/aromatic N) is 3. The largest absolute Gasteiger partial charge is 0.367 e. The van der Waals surface area contributed by atoms with Crippen molar-refractivity contribution in [1.29, 1.82) is 5.26 Å². The third-order valence-electron chi connectivity index (χ3n) is 4.32. The quantitative estimate of drug-likeness (QED) is 0.847. The molecule has 0 saturated carbocycles. The summed E-state index contributed by atoms with van der Waals surface area (Å²) < 4.78 is 32.3. The van der Waals surface area contributed by atoms with Crippen molar-refractivity contribution < 1.29 is 13.5 Å². The molecule has 0 radical (unpaired) electrons. The van der Waals surface area contributed by atoms with Crippen molar-refractivity contribution in [2.45, 2.75) is 31.7 Å². The van der Waals surface area contributed by atoms with Gasteiger partial charge in [0.2, 0.25) is 0 Å². The molecule has 7 heteroatoms. The Morgan fingerprint density at radius 3 is 3.00 bits per heavy atom. The zero-order valence-corrected chi connectivity index (χ0v) is 13.4. The monoisotopic (exact) mass is 339 g/mol. The van der Waals surface area contributed by atoms with Gasteiger partial charge in [0.05, 0.1) is 22.9 Å². The van der Waals surface area contributed by atoms with Gasteiger partial charge < -0.3 is 4.74 Å². The lowest BCUT2D eigenvalue weighted by Crippen LogP contribution is -2.41. The first kappa shape index (κ1) is 16.2. The SMILES string of the molecule is Cc1c(C2=NN3CC[C@@H](F)[C@H]3[C@@H]2OCCF)ccc(C#N)c1Cl. The Hall–Kier alpha value is -1.71. The number of benzene rings is 1. The van der Waals surface area contributed by atoms with Gasteiger partial charge in [-0.3, -0.25) is 5.01 Å². The number of fused-ring (bicyclic) bond motifs is 1. The number of nitriles is 1. The lowest BCUT2D eigenvalue weighted by Gasteiger charge is -2.23. The van der Waals surface area contributed by atoms with Gasteiger partial charge in [0.25, 0.3) is 0 Å². The van der Waals surface area contributed by atoms with Gasteiger partial charge in [-0.05, 0) is 25.0 Å². The second-order valence-corrected chi connectivity index (χ2v) is 6.01. The van der Waals surface area contributed by atoms with Gasteiger partial charge in [0.1, 0.15) is 31.1 Å². The third-order valence-corrected chi connectivity index (χ3v) is 4.81. The van der Waals surface area contributed by atoms with Gasteiger partial charge in [0.15, 0.2) is 0 Å². The molecule has 2 aliphatic heterocycles. The van der Waals surface area contributed by atoms with Crippen LogP contribution in [0.5, 0.6) is 0 Å². The number of ether oxygens (including phenoxy) is 1. The van der Waals surface area contributed by atoms with E-state index in [2.05, 4.69) is 5.10 Å². The maximum atomic E-state index is 14.2. The second kappa shape index (κ2) is 6.42. The first-order valence-electron chi connectivity index (χ1n) is 7.44. The van der Waals surface area contributed by atoms with Crippen LogP contribution in [-0.4, -0.2) is 48.9 Å². The molecule has 2 aliphatic rings. The molecule has 0 bridgehead atoms. The molecule has 0 aromatic heterocycles. The molecule has 0 unspecified atom stereocenters. The first-order valence-corrected chi connectivity index (χ1v) is 7.82. The summed E-state index contributed by atoms with van der Waals surface area (Å²) in [6, 6.07) is 4.84. The highest BCUT2D eigenvalue weighted by molar-refractivity contribution is 6.33. The van der Waals surface area contributed by atoms with Crippen LogP contribution in [0.25, 0.3) is 0 Å². The van der Waals surface area contributed by atoms with Gasteiger partial charge in [0, 0.05) is 12.1 Å². The van der Waals surface area contributed by atoms with E-state index in [0.717, 1.165) is 0 Å². The fourth-order valence-corrected chi connectivity index (χ4v) is 3.39. The van der Waals surface area contributed by atoms with E-state index in [1.165, 1.54) is 0 Å². The lowest BCUT2D eigenvalue weighted by atomic mass is 9.94. The van der Waals surface area contributed by atoms with Crippen molar-refractivity contribution in [2.24, 2.45) is 5.10 Å². The van der Waals surface area contributed by atoms with Crippen LogP contribution in [0, 0.1) is 18.3 Å². The maximum absolute atomic E-state index is 14.2. The van der Waals surface area contributed by atoms with Crippen LogP contribution in [0.1, 0.15) is 23.1 Å². The van der Waals surface area contributed by atoms with Crippen molar-refractivity contribution in [3.8, 4) is 6.07 Å². The number of halogens is 3. The minimum atomic E-state index is -1.06. The van der Waals surface area contributed by atoms with Crippen LogP contribution in [0.15, 0.2) is 17.2 Å². The summed E-state index contributed by atoms with van der Waals surface area (Å²) in [7, 11) is 0. The van der Waals surface area contributed by atoms with Gasteiger partial charge in [-0.2, -0.15) is 10.4 Å². The van der Waals surface area contributed by atoms with Crippen molar-refractivity contribution in [3.63, 3.8) is 0 Å². The molecule has 1 fully saturated rings. The Labute approximate surface area is 138 Å². The first-order chi connectivity index (χ1) is 11.1. The fourth-order valence-electron chi connectivity index (χ4n) is 3.19. The van der Waals surface area contributed by atoms with Gasteiger partial charge in [-0.1, -0.05) is 17.7 Å². The van der Waals surface area contributed by atoms with Crippen LogP contribution in [0.4, 0.5) is 8.78 Å². The van der Waals surface area contributed by atoms with E-state index in [-0.39, 0.29) is 6.61 Å². The standard InChI is InChI=1S/C16H16ClF2N3O/c1-9-11(3-2-10(8-20)13(9)17)14-16(23-7-5-18)15-12(19)4-6-22(15)21-14/h2-3,12,15-16H,4-7H2,1H3/t12-,15+,16-/m1/s1. The smallest absolute Gasteiger partial charge is 0.127 e. The molecule has 4 nitrogen and oxygen atoms in total. The molecule has 23 heavy (non-hydrogen) atoms. The van der Waals surface area contributed by atoms with Crippen molar-refractivity contribution >= 4 is 17.3 Å². The van der Waals surface area contributed by atoms with Crippen molar-refractivity contribution in [1.82, 2.24) is 5.01 Å². The van der Waals surface area contributed by atoms with E-state index in [4.69, 9.17) is 21.6 Å². The number of hydrogen-bond donors (Lipinski definition) is 0. The Morgan fingerprint density at radius 1 is 1.52 bits per heavy atom. The van der Waals surface area contributed by atoms with Crippen molar-refractivity contribution in [3.05, 3.63) is 33.8 Å². The summed E-state index contributed by atoms with van der Waals surface area (Å²) in [6.07, 6.45) is -1.30. The molecule has 1 aromatic rings. The number of hydrazone groups is 1. The van der Waals surface area contributed by atoms with E-state index in [0.29, 0.717) is 40.4 Å². The molecule has 0 amide bonds. The Kier molecular flexibility index (Phi) is 4.51. The summed E-state index contributed by atoms with van der Waals surface area (Å²) in [4.78, 5) is 0. The number of alkyl halides is 2. The molecule has 1 aromatic carbocycles. The van der Waals surface area contributed by atoms with Crippen LogP contribution in [0.3, 0.4) is 0 Å². The fraction of sp³-hybridized carbons (Fsp3) is 0.500. The van der Waals surface area contributed by atoms with Gasteiger partial charge in [-0.15, -0.1) is 0 Å². The predicted octanol–water partition coefficient (Wildman–Crippen LogP) is 3.00. The number of rotatable bonds is 4. The van der Waals surface area contributed by atoms with Crippen LogP contribution in [0.2, 0.25) is 5.02 Å². The molecule has 0 aliphatic carbocycles. The molecular weight excluding hydrogens is 324 g/mol. The molecule has 3 atom stereocenters. The Balaban J connectivity index is 2.00. The summed E-state index contributed by atoms with van der Waals surface area (Å²) in [5.41, 5.74) is 2.32. The molecule has 2 heterocycles. The van der Waals surface area contributed by atoms with Gasteiger partial charge in [-0.25, -0.2) is 8.78 Å². The highest BCUT2D eigenvalue weighted by atomic mass is 35.5. The Bertz CT molecular complexity index is 689. The van der Waals surface area contributed by atoms with Crippen LogP contribution in [-0.2, 0) is 4.74 Å². The highest BCUT2D eigenvalue weighted by Gasteiger charge is 2.47. The zero-order chi connectivity index (χ0) is 16.6. The number of hydrogen-bond acceptors (Lipinski definition) is 4. The van der Waals surface area contributed by atoms with E-state index in [1.807, 2.05) is 6.07 Å². The molecule has 1 saturated heterocycles. The molecular formula is C16H16ClF2N3O. The topological polar surface area (TPSA) is 48.6 Å². The molecule has 0 N–H and O–H groups in total. The highest BCUT2D eigenvalue weighted by Crippen LogP contribution is 2.35. The minimum absolute atomic E-state index is 0.107. The molecule has 0 spiro atoms. The Morgan fingerprint density at radius 2 is 2.30 bits per heavy atom. The normalized spacial score (nSPS) is 26.1. The van der Waals surface area contributed by atoms with Crippen LogP contribution < -0.4 is 0 Å². The van der Waals surface area contributed by atoms with E-state index < -0.39 is 25.0 Å². The van der Waals surface area contributed by atoms with Crippen LogP contribution >= 0.6 is 11.6 Å². The van der Waals surface area contributed by atoms with E-state index >= 15 is 0 Å². The summed E-state index contributed by atoms with van der Waals surface area (Å²) in [5, 5.41) is 15.6. The van der Waals surface area contributed by atoms with Gasteiger partial charge >= 0.3 is 0 Å². The lowest BCUT2D eigenvalue weighted by molar-refractivity contribution is 0.0305. The maximum Gasteiger partial charge on any atom is 0.127 e. The molecule has 122 valence electrons. The van der Waals surface area contributed by atoms with Crippen molar-refractivity contribution in [2.75, 3.05) is 19.8 Å². The second-order valence-electron chi connectivity index (χ2n) is 5.64. The molecule has 3 rings (SSSR count). The summed E-state index contributed by atoms with van der Waals surface area (Å²) >= 11 is 6.21. The average molecular weight is 340 g/mol. The van der Waals surface area contributed by atoms with E-state index in [1.54, 1.807) is 24.1 Å². The average Bonchev–Trinajstić information content (AvgIpc) is 3.08. The predicted molar refractivity (Wildman–Crippen MR) is 83.2 cm³/mol. The summed E-state index contributed by atoms with van der Waals surface area (Å²) in [5.74, 6) is 0. The van der Waals surface area contributed by atoms with E-state index in [9.17, 15) is 8.78 Å². The minimum Gasteiger partial charge on any atom is -0.367 e.